The molecule has 2 aromatic carbocycles. The maximum atomic E-state index is 12.4. The van der Waals surface area contributed by atoms with Crippen molar-refractivity contribution in [2.24, 2.45) is 0 Å². The van der Waals surface area contributed by atoms with Gasteiger partial charge in [0.1, 0.15) is 5.75 Å². The number of rotatable bonds is 8. The molecule has 0 bridgehead atoms. The average molecular weight is 451 g/mol. The van der Waals surface area contributed by atoms with Gasteiger partial charge in [0.2, 0.25) is 10.0 Å². The fourth-order valence-corrected chi connectivity index (χ4v) is 3.46. The molecule has 0 radical (unpaired) electrons. The number of terminal acetylenes is 1. The molecule has 0 saturated carbocycles. The number of esters is 1. The van der Waals surface area contributed by atoms with Crippen LogP contribution in [0.1, 0.15) is 17.3 Å². The van der Waals surface area contributed by atoms with Gasteiger partial charge in [-0.3, -0.25) is 4.79 Å². The summed E-state index contributed by atoms with van der Waals surface area (Å²) in [4.78, 5) is 24.6. The number of sulfonamides is 1. The standard InChI is InChI=1S/C20H19ClN2O6S/c1-4-10-22-30(26,27)16-7-5-6-14(11-16)20(25)29-13(2)19(24)23-17-12-15(21)8-9-18(17)28-3/h1,5-9,11-13,22H,10H2,2-3H3,(H,23,24). The third-order valence-corrected chi connectivity index (χ3v) is 5.45. The number of carbonyl (C=O) groups excluding carboxylic acids is 2. The topological polar surface area (TPSA) is 111 Å². The van der Waals surface area contributed by atoms with Gasteiger partial charge in [0, 0.05) is 5.02 Å². The average Bonchev–Trinajstić information content (AvgIpc) is 2.72. The van der Waals surface area contributed by atoms with Gasteiger partial charge in [0.25, 0.3) is 5.91 Å². The molecular formula is C20H19ClN2O6S. The minimum absolute atomic E-state index is 0.0430. The van der Waals surface area contributed by atoms with Crippen molar-refractivity contribution in [3.8, 4) is 18.1 Å². The Morgan fingerprint density at radius 1 is 1.23 bits per heavy atom. The van der Waals surface area contributed by atoms with E-state index >= 15 is 0 Å². The molecule has 1 atom stereocenters. The Kier molecular flexibility index (Phi) is 7.83. The monoisotopic (exact) mass is 450 g/mol. The lowest BCUT2D eigenvalue weighted by Crippen LogP contribution is -2.30. The van der Waals surface area contributed by atoms with E-state index in [2.05, 4.69) is 16.0 Å². The highest BCUT2D eigenvalue weighted by Crippen LogP contribution is 2.28. The van der Waals surface area contributed by atoms with Crippen LogP contribution in [0.2, 0.25) is 5.02 Å². The number of methoxy groups -OCH3 is 1. The van der Waals surface area contributed by atoms with Crippen LogP contribution in [-0.2, 0) is 19.6 Å². The SMILES string of the molecule is C#CCNS(=O)(=O)c1cccc(C(=O)OC(C)C(=O)Nc2cc(Cl)ccc2OC)c1. The van der Waals surface area contributed by atoms with Gasteiger partial charge in [-0.25, -0.2) is 13.2 Å². The molecule has 2 N–H and O–H groups in total. The number of hydrogen-bond donors (Lipinski definition) is 2. The fourth-order valence-electron chi connectivity index (χ4n) is 2.30. The molecule has 0 fully saturated rings. The smallest absolute Gasteiger partial charge is 0.338 e. The minimum atomic E-state index is -3.88. The normalized spacial score (nSPS) is 11.8. The zero-order chi connectivity index (χ0) is 22.3. The van der Waals surface area contributed by atoms with Crippen molar-refractivity contribution < 1.29 is 27.5 Å². The lowest BCUT2D eigenvalue weighted by atomic mass is 10.2. The predicted octanol–water partition coefficient (Wildman–Crippen LogP) is 2.44. The quantitative estimate of drug-likeness (QED) is 0.472. The second-order valence-electron chi connectivity index (χ2n) is 5.94. The lowest BCUT2D eigenvalue weighted by molar-refractivity contribution is -0.123. The van der Waals surface area contributed by atoms with Crippen molar-refractivity contribution in [1.29, 1.82) is 0 Å². The molecule has 0 aliphatic carbocycles. The Labute approximate surface area is 179 Å². The van der Waals surface area contributed by atoms with Crippen LogP contribution in [-0.4, -0.2) is 40.1 Å². The molecule has 0 spiro atoms. The maximum Gasteiger partial charge on any atom is 0.338 e. The Morgan fingerprint density at radius 3 is 2.63 bits per heavy atom. The Morgan fingerprint density at radius 2 is 1.97 bits per heavy atom. The van der Waals surface area contributed by atoms with E-state index in [1.165, 1.54) is 38.3 Å². The molecule has 0 aliphatic rings. The number of carbonyl (C=O) groups is 2. The zero-order valence-electron chi connectivity index (χ0n) is 16.1. The number of anilines is 1. The highest BCUT2D eigenvalue weighted by Gasteiger charge is 2.22. The Balaban J connectivity index is 2.11. The van der Waals surface area contributed by atoms with Crippen LogP contribution < -0.4 is 14.8 Å². The molecule has 2 rings (SSSR count). The molecule has 0 aromatic heterocycles. The number of ether oxygens (including phenoxy) is 2. The van der Waals surface area contributed by atoms with Crippen LogP contribution in [0.5, 0.6) is 5.75 Å². The van der Waals surface area contributed by atoms with Crippen LogP contribution in [0.25, 0.3) is 0 Å². The molecule has 0 heterocycles. The van der Waals surface area contributed by atoms with Gasteiger partial charge in [-0.2, -0.15) is 4.72 Å². The molecule has 10 heteroatoms. The summed E-state index contributed by atoms with van der Waals surface area (Å²) < 4.78 is 36.8. The Hall–Kier alpha value is -3.06. The van der Waals surface area contributed by atoms with Gasteiger partial charge < -0.3 is 14.8 Å². The third kappa shape index (κ3) is 5.97. The van der Waals surface area contributed by atoms with Crippen LogP contribution in [0.3, 0.4) is 0 Å². The van der Waals surface area contributed by atoms with Crippen molar-refractivity contribution >= 4 is 39.2 Å². The molecule has 0 aliphatic heterocycles. The number of amides is 1. The van der Waals surface area contributed by atoms with E-state index in [9.17, 15) is 18.0 Å². The van der Waals surface area contributed by atoms with E-state index < -0.39 is 28.0 Å². The minimum Gasteiger partial charge on any atom is -0.495 e. The van der Waals surface area contributed by atoms with Crippen molar-refractivity contribution in [2.75, 3.05) is 19.0 Å². The van der Waals surface area contributed by atoms with E-state index in [0.717, 1.165) is 6.07 Å². The van der Waals surface area contributed by atoms with Crippen molar-refractivity contribution in [3.63, 3.8) is 0 Å². The summed E-state index contributed by atoms with van der Waals surface area (Å²) in [7, 11) is -2.45. The maximum absolute atomic E-state index is 12.4. The summed E-state index contributed by atoms with van der Waals surface area (Å²) in [5.74, 6) is 1.04. The van der Waals surface area contributed by atoms with Crippen LogP contribution in [0, 0.1) is 12.3 Å². The van der Waals surface area contributed by atoms with Crippen molar-refractivity contribution in [3.05, 3.63) is 53.1 Å². The van der Waals surface area contributed by atoms with E-state index in [-0.39, 0.29) is 17.0 Å². The summed E-state index contributed by atoms with van der Waals surface area (Å²) in [5.41, 5.74) is 0.268. The van der Waals surface area contributed by atoms with Crippen molar-refractivity contribution in [1.82, 2.24) is 4.72 Å². The first kappa shape index (κ1) is 23.2. The second-order valence-corrected chi connectivity index (χ2v) is 8.14. The summed E-state index contributed by atoms with van der Waals surface area (Å²) in [6.45, 7) is 1.18. The molecule has 1 unspecified atom stereocenters. The molecule has 30 heavy (non-hydrogen) atoms. The summed E-state index contributed by atoms with van der Waals surface area (Å²) in [5, 5.41) is 2.95. The van der Waals surface area contributed by atoms with Gasteiger partial charge in [-0.15, -0.1) is 6.42 Å². The first-order valence-corrected chi connectivity index (χ1v) is 10.4. The molecule has 158 valence electrons. The largest absolute Gasteiger partial charge is 0.495 e. The third-order valence-electron chi connectivity index (χ3n) is 3.82. The van der Waals surface area contributed by atoms with E-state index in [1.807, 2.05) is 0 Å². The van der Waals surface area contributed by atoms with Crippen LogP contribution >= 0.6 is 11.6 Å². The van der Waals surface area contributed by atoms with Gasteiger partial charge in [0.15, 0.2) is 6.10 Å². The number of halogens is 1. The second kappa shape index (κ2) is 10.1. The first-order chi connectivity index (χ1) is 14.2. The summed E-state index contributed by atoms with van der Waals surface area (Å²) in [6.07, 6.45) is 3.87. The van der Waals surface area contributed by atoms with E-state index in [4.69, 9.17) is 27.5 Å². The van der Waals surface area contributed by atoms with Gasteiger partial charge in [-0.05, 0) is 43.3 Å². The zero-order valence-corrected chi connectivity index (χ0v) is 17.7. The lowest BCUT2D eigenvalue weighted by Gasteiger charge is -2.15. The molecule has 0 saturated heterocycles. The van der Waals surface area contributed by atoms with Gasteiger partial charge in [-0.1, -0.05) is 23.6 Å². The van der Waals surface area contributed by atoms with Crippen LogP contribution in [0.15, 0.2) is 47.4 Å². The summed E-state index contributed by atoms with van der Waals surface area (Å²) in [6, 6.07) is 9.84. The molecule has 1 amide bonds. The van der Waals surface area contributed by atoms with Gasteiger partial charge in [0.05, 0.1) is 29.8 Å². The highest BCUT2D eigenvalue weighted by atomic mass is 35.5. The van der Waals surface area contributed by atoms with E-state index in [1.54, 1.807) is 12.1 Å². The first-order valence-electron chi connectivity index (χ1n) is 8.56. The van der Waals surface area contributed by atoms with Crippen molar-refractivity contribution in [2.45, 2.75) is 17.9 Å². The molecule has 8 nitrogen and oxygen atoms in total. The predicted molar refractivity (Wildman–Crippen MR) is 112 cm³/mol. The number of benzene rings is 2. The molecular weight excluding hydrogens is 432 g/mol. The fraction of sp³-hybridized carbons (Fsp3) is 0.200. The van der Waals surface area contributed by atoms with Gasteiger partial charge >= 0.3 is 5.97 Å². The highest BCUT2D eigenvalue weighted by molar-refractivity contribution is 7.89. The number of hydrogen-bond acceptors (Lipinski definition) is 6. The van der Waals surface area contributed by atoms with E-state index in [0.29, 0.717) is 16.5 Å². The number of nitrogens with one attached hydrogen (secondary N) is 2. The summed E-state index contributed by atoms with van der Waals surface area (Å²) >= 11 is 5.93. The Bertz CT molecular complexity index is 1090. The van der Waals surface area contributed by atoms with Crippen LogP contribution in [0.4, 0.5) is 5.69 Å². The molecule has 2 aromatic rings.